The average Bonchev–Trinajstić information content (AvgIpc) is 2.88. The Morgan fingerprint density at radius 1 is 1.08 bits per heavy atom. The van der Waals surface area contributed by atoms with Crippen molar-refractivity contribution in [3.8, 4) is 17.1 Å². The number of hydrogen-bond donors (Lipinski definition) is 0. The fourth-order valence-corrected chi connectivity index (χ4v) is 3.56. The van der Waals surface area contributed by atoms with E-state index in [-0.39, 0.29) is 23.4 Å². The first-order valence-electron chi connectivity index (χ1n) is 11.3. The molecule has 0 bridgehead atoms. The van der Waals surface area contributed by atoms with Gasteiger partial charge in [-0.2, -0.15) is 22.9 Å². The third kappa shape index (κ3) is 5.85. The molecule has 190 valence electrons. The van der Waals surface area contributed by atoms with Crippen LogP contribution >= 0.6 is 0 Å². The Labute approximate surface area is 209 Å². The molecule has 0 fully saturated rings. The molecular formula is C27H22F3N3O4. The van der Waals surface area contributed by atoms with Crippen LogP contribution in [0.2, 0.25) is 0 Å². The summed E-state index contributed by atoms with van der Waals surface area (Å²) in [4.78, 5) is 29.6. The Morgan fingerprint density at radius 2 is 1.84 bits per heavy atom. The molecule has 0 unspecified atom stereocenters. The lowest BCUT2D eigenvalue weighted by Gasteiger charge is -2.13. The molecule has 0 amide bonds. The van der Waals surface area contributed by atoms with E-state index in [2.05, 4.69) is 10.1 Å². The lowest BCUT2D eigenvalue weighted by Crippen LogP contribution is -2.26. The van der Waals surface area contributed by atoms with Gasteiger partial charge in [0.1, 0.15) is 5.75 Å². The Hall–Kier alpha value is -4.47. The largest absolute Gasteiger partial charge is 0.479 e. The van der Waals surface area contributed by atoms with Gasteiger partial charge in [0.15, 0.2) is 11.9 Å². The number of carbonyl (C=O) groups excluding carboxylic acids is 1. The summed E-state index contributed by atoms with van der Waals surface area (Å²) in [7, 11) is 0. The summed E-state index contributed by atoms with van der Waals surface area (Å²) < 4.78 is 51.6. The SMILES string of the molecule is CCOC(=O)[C@@H](C)Oc1cccc(C=Nn2c(-c3cccc(C(F)(F)F)c3)nc3ccccc3c2=O)c1. The van der Waals surface area contributed by atoms with E-state index < -0.39 is 29.4 Å². The third-order valence-corrected chi connectivity index (χ3v) is 5.31. The maximum absolute atomic E-state index is 13.3. The molecule has 0 radical (unpaired) electrons. The normalized spacial score (nSPS) is 12.6. The van der Waals surface area contributed by atoms with Crippen molar-refractivity contribution in [3.05, 3.63) is 94.3 Å². The maximum Gasteiger partial charge on any atom is 0.416 e. The number of aromatic nitrogens is 2. The van der Waals surface area contributed by atoms with Gasteiger partial charge in [0.2, 0.25) is 0 Å². The molecule has 0 saturated carbocycles. The summed E-state index contributed by atoms with van der Waals surface area (Å²) in [6.07, 6.45) is -4.05. The van der Waals surface area contributed by atoms with Gasteiger partial charge in [0, 0.05) is 5.56 Å². The van der Waals surface area contributed by atoms with Crippen molar-refractivity contribution < 1.29 is 27.4 Å². The van der Waals surface area contributed by atoms with Crippen molar-refractivity contribution in [2.45, 2.75) is 26.1 Å². The topological polar surface area (TPSA) is 82.8 Å². The fraction of sp³-hybridized carbons (Fsp3) is 0.185. The van der Waals surface area contributed by atoms with Crippen LogP contribution in [0.25, 0.3) is 22.3 Å². The molecule has 0 aliphatic rings. The molecule has 4 rings (SSSR count). The van der Waals surface area contributed by atoms with E-state index in [1.807, 2.05) is 0 Å². The van der Waals surface area contributed by atoms with Gasteiger partial charge in [-0.15, -0.1) is 0 Å². The molecule has 1 heterocycles. The number of hydrogen-bond acceptors (Lipinski definition) is 6. The molecule has 0 aliphatic carbocycles. The molecule has 1 aromatic heterocycles. The van der Waals surface area contributed by atoms with E-state index in [1.165, 1.54) is 18.3 Å². The molecule has 3 aromatic carbocycles. The van der Waals surface area contributed by atoms with E-state index >= 15 is 0 Å². The van der Waals surface area contributed by atoms with Crippen LogP contribution in [0.15, 0.2) is 82.7 Å². The summed E-state index contributed by atoms with van der Waals surface area (Å²) in [6, 6.07) is 17.7. The minimum Gasteiger partial charge on any atom is -0.479 e. The van der Waals surface area contributed by atoms with Crippen LogP contribution in [-0.2, 0) is 15.7 Å². The van der Waals surface area contributed by atoms with Gasteiger partial charge in [0.25, 0.3) is 5.56 Å². The van der Waals surface area contributed by atoms with Crippen LogP contribution in [0.3, 0.4) is 0 Å². The van der Waals surface area contributed by atoms with Crippen molar-refractivity contribution in [3.63, 3.8) is 0 Å². The number of rotatable bonds is 7. The Morgan fingerprint density at radius 3 is 2.59 bits per heavy atom. The van der Waals surface area contributed by atoms with Gasteiger partial charge >= 0.3 is 12.1 Å². The smallest absolute Gasteiger partial charge is 0.416 e. The van der Waals surface area contributed by atoms with E-state index in [0.717, 1.165) is 16.8 Å². The highest BCUT2D eigenvalue weighted by Gasteiger charge is 2.31. The van der Waals surface area contributed by atoms with Gasteiger partial charge in [0.05, 0.1) is 29.3 Å². The Kier molecular flexibility index (Phi) is 7.37. The Bertz CT molecular complexity index is 1530. The highest BCUT2D eigenvalue weighted by Crippen LogP contribution is 2.32. The van der Waals surface area contributed by atoms with Crippen molar-refractivity contribution in [1.29, 1.82) is 0 Å². The number of esters is 1. The standard InChI is InChI=1S/C27H22F3N3O4/c1-3-36-26(35)17(2)37-21-11-6-8-18(14-21)16-31-33-24(19-9-7-10-20(15-19)27(28,29)30)32-23-13-5-4-12-22(23)25(33)34/h4-17H,3H2,1-2H3/t17-/m1/s1. The minimum absolute atomic E-state index is 0.0469. The number of halogens is 3. The Balaban J connectivity index is 1.76. The summed E-state index contributed by atoms with van der Waals surface area (Å²) in [5.41, 5.74) is -0.491. The van der Waals surface area contributed by atoms with Crippen LogP contribution in [0.5, 0.6) is 5.75 Å². The molecular weight excluding hydrogens is 487 g/mol. The van der Waals surface area contributed by atoms with Crippen LogP contribution in [0, 0.1) is 0 Å². The summed E-state index contributed by atoms with van der Waals surface area (Å²) in [5, 5.41) is 4.53. The van der Waals surface area contributed by atoms with Crippen molar-refractivity contribution >= 4 is 23.1 Å². The second kappa shape index (κ2) is 10.7. The zero-order valence-electron chi connectivity index (χ0n) is 19.9. The molecule has 0 N–H and O–H groups in total. The maximum atomic E-state index is 13.3. The number of benzene rings is 3. The fourth-order valence-electron chi connectivity index (χ4n) is 3.56. The number of fused-ring (bicyclic) bond motifs is 1. The third-order valence-electron chi connectivity index (χ3n) is 5.31. The predicted octanol–water partition coefficient (Wildman–Crippen LogP) is 5.29. The zero-order valence-corrected chi connectivity index (χ0v) is 19.9. The molecule has 0 saturated heterocycles. The second-order valence-electron chi connectivity index (χ2n) is 7.98. The zero-order chi connectivity index (χ0) is 26.6. The van der Waals surface area contributed by atoms with Crippen LogP contribution in [0.1, 0.15) is 25.0 Å². The first-order chi connectivity index (χ1) is 17.7. The summed E-state index contributed by atoms with van der Waals surface area (Å²) >= 11 is 0. The van der Waals surface area contributed by atoms with Gasteiger partial charge in [-0.25, -0.2) is 9.78 Å². The number of nitrogens with zero attached hydrogens (tertiary/aromatic N) is 3. The summed E-state index contributed by atoms with van der Waals surface area (Å²) in [5.74, 6) is -0.193. The van der Waals surface area contributed by atoms with E-state index in [0.29, 0.717) is 16.8 Å². The van der Waals surface area contributed by atoms with Gasteiger partial charge in [-0.05, 0) is 55.8 Å². The minimum atomic E-state index is -4.57. The molecule has 1 atom stereocenters. The van der Waals surface area contributed by atoms with E-state index in [9.17, 15) is 22.8 Å². The number of carbonyl (C=O) groups is 1. The predicted molar refractivity (Wildman–Crippen MR) is 133 cm³/mol. The number of para-hydroxylation sites is 1. The first-order valence-corrected chi connectivity index (χ1v) is 11.3. The molecule has 0 aliphatic heterocycles. The quantitative estimate of drug-likeness (QED) is 0.250. The van der Waals surface area contributed by atoms with Gasteiger partial charge in [-0.3, -0.25) is 4.79 Å². The molecule has 7 nitrogen and oxygen atoms in total. The van der Waals surface area contributed by atoms with Crippen molar-refractivity contribution in [2.24, 2.45) is 5.10 Å². The number of ether oxygens (including phenoxy) is 2. The van der Waals surface area contributed by atoms with Crippen LogP contribution in [-0.4, -0.2) is 34.6 Å². The van der Waals surface area contributed by atoms with Gasteiger partial charge in [-0.1, -0.05) is 36.4 Å². The highest BCUT2D eigenvalue weighted by atomic mass is 19.4. The van der Waals surface area contributed by atoms with E-state index in [4.69, 9.17) is 9.47 Å². The molecule has 37 heavy (non-hydrogen) atoms. The first kappa shape index (κ1) is 25.6. The second-order valence-corrected chi connectivity index (χ2v) is 7.98. The molecule has 4 aromatic rings. The van der Waals surface area contributed by atoms with Crippen LogP contribution in [0.4, 0.5) is 13.2 Å². The average molecular weight is 509 g/mol. The lowest BCUT2D eigenvalue weighted by molar-refractivity contribution is -0.150. The number of alkyl halides is 3. The highest BCUT2D eigenvalue weighted by molar-refractivity contribution is 5.82. The van der Waals surface area contributed by atoms with Crippen molar-refractivity contribution in [1.82, 2.24) is 9.66 Å². The monoisotopic (exact) mass is 509 g/mol. The van der Waals surface area contributed by atoms with Crippen LogP contribution < -0.4 is 10.3 Å². The van der Waals surface area contributed by atoms with Gasteiger partial charge < -0.3 is 9.47 Å². The van der Waals surface area contributed by atoms with E-state index in [1.54, 1.807) is 62.4 Å². The molecule has 0 spiro atoms. The summed E-state index contributed by atoms with van der Waals surface area (Å²) in [6.45, 7) is 3.47. The molecule has 10 heteroatoms. The lowest BCUT2D eigenvalue weighted by atomic mass is 10.1. The van der Waals surface area contributed by atoms with Crippen molar-refractivity contribution in [2.75, 3.05) is 6.61 Å².